The predicted octanol–water partition coefficient (Wildman–Crippen LogP) is 1.75. The second-order valence-electron chi connectivity index (χ2n) is 6.82. The molecular weight excluding hydrogens is 408 g/mol. The van der Waals surface area contributed by atoms with E-state index in [-0.39, 0.29) is 17.5 Å². The highest BCUT2D eigenvalue weighted by Gasteiger charge is 2.21. The van der Waals surface area contributed by atoms with Crippen LogP contribution in [-0.4, -0.2) is 57.9 Å². The van der Waals surface area contributed by atoms with E-state index in [1.165, 1.54) is 36.1 Å². The SMILES string of the molecule is CC(=O)Nc1ccc(NC(=O)CN(c2ccc(C(=O)N(C)C)cc2)S(C)(=O)=O)cc1. The zero-order valence-corrected chi connectivity index (χ0v) is 18.0. The lowest BCUT2D eigenvalue weighted by Crippen LogP contribution is -2.37. The molecule has 9 nitrogen and oxygen atoms in total. The number of rotatable bonds is 7. The van der Waals surface area contributed by atoms with Crippen LogP contribution in [0.15, 0.2) is 48.5 Å². The molecule has 0 saturated carbocycles. The van der Waals surface area contributed by atoms with E-state index in [0.29, 0.717) is 16.9 Å². The molecule has 2 rings (SSSR count). The van der Waals surface area contributed by atoms with Crippen molar-refractivity contribution in [3.63, 3.8) is 0 Å². The van der Waals surface area contributed by atoms with Crippen LogP contribution in [0.2, 0.25) is 0 Å². The van der Waals surface area contributed by atoms with Crippen molar-refractivity contribution >= 4 is 44.8 Å². The largest absolute Gasteiger partial charge is 0.345 e. The third-order valence-electron chi connectivity index (χ3n) is 3.98. The average Bonchev–Trinajstić information content (AvgIpc) is 2.66. The standard InChI is InChI=1S/C20H24N4O5S/c1-14(25)21-16-7-9-17(10-8-16)22-19(26)13-24(30(4,28)29)18-11-5-15(6-12-18)20(27)23(2)3/h5-12H,13H2,1-4H3,(H,21,25)(H,22,26). The van der Waals surface area contributed by atoms with Gasteiger partial charge >= 0.3 is 0 Å². The van der Waals surface area contributed by atoms with E-state index >= 15 is 0 Å². The molecule has 0 heterocycles. The summed E-state index contributed by atoms with van der Waals surface area (Å²) in [7, 11) is -0.511. The Kier molecular flexibility index (Phi) is 7.17. The monoisotopic (exact) mass is 432 g/mol. The Hall–Kier alpha value is -3.40. The molecule has 0 bridgehead atoms. The number of benzene rings is 2. The van der Waals surface area contributed by atoms with Crippen LogP contribution in [0, 0.1) is 0 Å². The summed E-state index contributed by atoms with van der Waals surface area (Å²) in [6.45, 7) is 0.950. The van der Waals surface area contributed by atoms with Crippen molar-refractivity contribution in [3.05, 3.63) is 54.1 Å². The molecule has 2 N–H and O–H groups in total. The summed E-state index contributed by atoms with van der Waals surface area (Å²) in [6.07, 6.45) is 1.00. The fraction of sp³-hybridized carbons (Fsp3) is 0.250. The highest BCUT2D eigenvalue weighted by atomic mass is 32.2. The zero-order valence-electron chi connectivity index (χ0n) is 17.2. The minimum absolute atomic E-state index is 0.214. The van der Waals surface area contributed by atoms with Crippen LogP contribution in [0.25, 0.3) is 0 Å². The molecule has 0 saturated heterocycles. The van der Waals surface area contributed by atoms with Crippen LogP contribution in [0.4, 0.5) is 17.1 Å². The van der Waals surface area contributed by atoms with Crippen molar-refractivity contribution in [2.24, 2.45) is 0 Å². The summed E-state index contributed by atoms with van der Waals surface area (Å²) >= 11 is 0. The van der Waals surface area contributed by atoms with Gasteiger partial charge in [0.15, 0.2) is 0 Å². The van der Waals surface area contributed by atoms with Crippen LogP contribution >= 0.6 is 0 Å². The molecule has 30 heavy (non-hydrogen) atoms. The first-order valence-electron chi connectivity index (χ1n) is 8.94. The smallest absolute Gasteiger partial charge is 0.253 e. The van der Waals surface area contributed by atoms with Crippen LogP contribution < -0.4 is 14.9 Å². The Balaban J connectivity index is 2.14. The van der Waals surface area contributed by atoms with Crippen LogP contribution in [0.1, 0.15) is 17.3 Å². The number of hydrogen-bond donors (Lipinski definition) is 2. The lowest BCUT2D eigenvalue weighted by atomic mass is 10.2. The molecule has 0 aromatic heterocycles. The van der Waals surface area contributed by atoms with Crippen molar-refractivity contribution in [3.8, 4) is 0 Å². The van der Waals surface area contributed by atoms with Crippen molar-refractivity contribution in [2.75, 3.05) is 41.8 Å². The maximum absolute atomic E-state index is 12.4. The van der Waals surface area contributed by atoms with E-state index in [1.54, 1.807) is 38.4 Å². The first-order chi connectivity index (χ1) is 14.0. The third-order valence-corrected chi connectivity index (χ3v) is 5.13. The van der Waals surface area contributed by atoms with Crippen LogP contribution in [-0.2, 0) is 19.6 Å². The summed E-state index contributed by atoms with van der Waals surface area (Å²) in [4.78, 5) is 36.9. The molecule has 2 aromatic rings. The van der Waals surface area contributed by atoms with E-state index in [0.717, 1.165) is 10.6 Å². The van der Waals surface area contributed by atoms with E-state index in [1.807, 2.05) is 0 Å². The Morgan fingerprint density at radius 1 is 0.867 bits per heavy atom. The molecule has 0 aliphatic carbocycles. The lowest BCUT2D eigenvalue weighted by Gasteiger charge is -2.22. The number of anilines is 3. The van der Waals surface area contributed by atoms with Gasteiger partial charge in [-0.05, 0) is 48.5 Å². The van der Waals surface area contributed by atoms with Gasteiger partial charge in [-0.15, -0.1) is 0 Å². The molecule has 160 valence electrons. The topological polar surface area (TPSA) is 116 Å². The number of nitrogens with one attached hydrogen (secondary N) is 2. The summed E-state index contributed by atoms with van der Waals surface area (Å²) < 4.78 is 25.4. The van der Waals surface area contributed by atoms with E-state index in [2.05, 4.69) is 10.6 Å². The van der Waals surface area contributed by atoms with Gasteiger partial charge in [0, 0.05) is 38.0 Å². The van der Waals surface area contributed by atoms with Gasteiger partial charge in [-0.1, -0.05) is 0 Å². The van der Waals surface area contributed by atoms with E-state index in [4.69, 9.17) is 0 Å². The lowest BCUT2D eigenvalue weighted by molar-refractivity contribution is -0.115. The van der Waals surface area contributed by atoms with Gasteiger partial charge in [-0.2, -0.15) is 0 Å². The van der Waals surface area contributed by atoms with Crippen molar-refractivity contribution < 1.29 is 22.8 Å². The summed E-state index contributed by atoms with van der Waals surface area (Å²) in [5.74, 6) is -0.970. The van der Waals surface area contributed by atoms with Crippen LogP contribution in [0.5, 0.6) is 0 Å². The van der Waals surface area contributed by atoms with Gasteiger partial charge in [-0.25, -0.2) is 8.42 Å². The Labute approximate surface area is 175 Å². The zero-order chi connectivity index (χ0) is 22.5. The number of nitrogens with zero attached hydrogens (tertiary/aromatic N) is 2. The van der Waals surface area contributed by atoms with Crippen molar-refractivity contribution in [1.29, 1.82) is 0 Å². The molecule has 0 fully saturated rings. The van der Waals surface area contributed by atoms with Gasteiger partial charge in [0.1, 0.15) is 6.54 Å². The highest BCUT2D eigenvalue weighted by molar-refractivity contribution is 7.92. The fourth-order valence-electron chi connectivity index (χ4n) is 2.60. The second kappa shape index (κ2) is 9.40. The maximum Gasteiger partial charge on any atom is 0.253 e. The van der Waals surface area contributed by atoms with E-state index in [9.17, 15) is 22.8 Å². The van der Waals surface area contributed by atoms with E-state index < -0.39 is 22.5 Å². The van der Waals surface area contributed by atoms with Gasteiger partial charge in [-0.3, -0.25) is 18.7 Å². The van der Waals surface area contributed by atoms with Crippen LogP contribution in [0.3, 0.4) is 0 Å². The molecule has 3 amide bonds. The maximum atomic E-state index is 12.4. The summed E-state index contributed by atoms with van der Waals surface area (Å²) in [5, 5.41) is 5.23. The summed E-state index contributed by atoms with van der Waals surface area (Å²) in [5.41, 5.74) is 1.70. The third kappa shape index (κ3) is 6.31. The second-order valence-corrected chi connectivity index (χ2v) is 8.73. The fourth-order valence-corrected chi connectivity index (χ4v) is 3.46. The Bertz CT molecular complexity index is 1030. The molecular formula is C20H24N4O5S. The number of hydrogen-bond acceptors (Lipinski definition) is 5. The molecule has 0 spiro atoms. The normalized spacial score (nSPS) is 10.8. The molecule has 0 aliphatic rings. The first-order valence-corrected chi connectivity index (χ1v) is 10.8. The van der Waals surface area contributed by atoms with Gasteiger partial charge < -0.3 is 15.5 Å². The van der Waals surface area contributed by atoms with Crippen molar-refractivity contribution in [1.82, 2.24) is 4.90 Å². The Morgan fingerprint density at radius 3 is 1.80 bits per heavy atom. The van der Waals surface area contributed by atoms with Gasteiger partial charge in [0.2, 0.25) is 21.8 Å². The van der Waals surface area contributed by atoms with Gasteiger partial charge in [0.25, 0.3) is 5.91 Å². The predicted molar refractivity (Wildman–Crippen MR) is 116 cm³/mol. The number of carbonyl (C=O) groups is 3. The molecule has 2 aromatic carbocycles. The number of amides is 3. The Morgan fingerprint density at radius 2 is 1.37 bits per heavy atom. The van der Waals surface area contributed by atoms with Gasteiger partial charge in [0.05, 0.1) is 11.9 Å². The molecule has 0 unspecified atom stereocenters. The quantitative estimate of drug-likeness (QED) is 0.692. The first kappa shape index (κ1) is 22.9. The molecule has 0 aliphatic heterocycles. The number of carbonyl (C=O) groups excluding carboxylic acids is 3. The number of sulfonamides is 1. The highest BCUT2D eigenvalue weighted by Crippen LogP contribution is 2.20. The minimum Gasteiger partial charge on any atom is -0.345 e. The molecule has 0 radical (unpaired) electrons. The molecule has 0 atom stereocenters. The molecule has 10 heteroatoms. The summed E-state index contributed by atoms with van der Waals surface area (Å²) in [6, 6.07) is 12.4. The average molecular weight is 433 g/mol. The minimum atomic E-state index is -3.75. The van der Waals surface area contributed by atoms with Crippen molar-refractivity contribution in [2.45, 2.75) is 6.92 Å².